The Morgan fingerprint density at radius 3 is 2.03 bits per heavy atom. The molecule has 0 aromatic heterocycles. The van der Waals surface area contributed by atoms with Crippen molar-refractivity contribution in [2.45, 2.75) is 78.8 Å². The number of amides is 5. The van der Waals surface area contributed by atoms with Gasteiger partial charge in [0, 0.05) is 32.2 Å². The molecule has 2 atom stereocenters. The van der Waals surface area contributed by atoms with Gasteiger partial charge in [-0.1, -0.05) is 27.7 Å². The highest BCUT2D eigenvalue weighted by Crippen LogP contribution is 2.13. The molecule has 1 heterocycles. The molecule has 0 bridgehead atoms. The minimum absolute atomic E-state index is 0.00514. The van der Waals surface area contributed by atoms with E-state index in [0.29, 0.717) is 11.6 Å². The van der Waals surface area contributed by atoms with Crippen LogP contribution in [-0.4, -0.2) is 59.2 Å². The molecule has 0 aromatic rings. The number of hydrogen-bond acceptors (Lipinski definition) is 7. The molecule has 0 saturated carbocycles. The van der Waals surface area contributed by atoms with Crippen molar-refractivity contribution < 1.29 is 33.6 Å². The maximum Gasteiger partial charge on any atom is 0.333 e. The fourth-order valence-electron chi connectivity index (χ4n) is 2.81. The summed E-state index contributed by atoms with van der Waals surface area (Å²) >= 11 is 0. The minimum Gasteiger partial charge on any atom is -0.354 e. The summed E-state index contributed by atoms with van der Waals surface area (Å²) in [5, 5.41) is 8.42. The van der Waals surface area contributed by atoms with Gasteiger partial charge in [-0.2, -0.15) is 0 Å². The third-order valence-electron chi connectivity index (χ3n) is 4.69. The summed E-state index contributed by atoms with van der Waals surface area (Å²) in [6, 6.07) is -1.61. The van der Waals surface area contributed by atoms with Crippen LogP contribution in [0.3, 0.4) is 0 Å². The van der Waals surface area contributed by atoms with Crippen molar-refractivity contribution in [1.29, 1.82) is 0 Å². The number of nitrogens with zero attached hydrogens (tertiary/aromatic N) is 1. The van der Waals surface area contributed by atoms with Crippen LogP contribution in [0.4, 0.5) is 0 Å². The number of carbonyl (C=O) groups is 6. The molecular weight excluding hydrogens is 420 g/mol. The van der Waals surface area contributed by atoms with Crippen LogP contribution in [0.5, 0.6) is 0 Å². The first-order chi connectivity index (χ1) is 14.9. The van der Waals surface area contributed by atoms with Gasteiger partial charge in [-0.3, -0.25) is 24.0 Å². The number of nitrogens with one attached hydrogen (secondary N) is 3. The normalized spacial score (nSPS) is 15.5. The van der Waals surface area contributed by atoms with Crippen LogP contribution in [0.1, 0.15) is 66.7 Å². The van der Waals surface area contributed by atoms with Gasteiger partial charge in [0.2, 0.25) is 17.7 Å². The van der Waals surface area contributed by atoms with Gasteiger partial charge in [0.25, 0.3) is 11.8 Å². The first-order valence-electron chi connectivity index (χ1n) is 10.9. The fourth-order valence-corrected chi connectivity index (χ4v) is 2.81. The molecule has 0 spiro atoms. The van der Waals surface area contributed by atoms with Crippen molar-refractivity contribution in [3.05, 3.63) is 0 Å². The van der Waals surface area contributed by atoms with Crippen LogP contribution in [-0.2, 0) is 33.6 Å². The number of carbonyl (C=O) groups excluding carboxylic acids is 6. The summed E-state index contributed by atoms with van der Waals surface area (Å²) in [5.74, 6) is -3.13. The molecule has 11 heteroatoms. The Morgan fingerprint density at radius 2 is 1.50 bits per heavy atom. The summed E-state index contributed by atoms with van der Waals surface area (Å²) in [6.45, 7) is 9.49. The van der Waals surface area contributed by atoms with Gasteiger partial charge in [-0.25, -0.2) is 4.79 Å². The summed E-state index contributed by atoms with van der Waals surface area (Å²) in [6.07, 6.45) is -0.105. The Labute approximate surface area is 187 Å². The third-order valence-corrected chi connectivity index (χ3v) is 4.69. The second-order valence-electron chi connectivity index (χ2n) is 8.56. The highest BCUT2D eigenvalue weighted by Gasteiger charge is 2.33. The number of hydroxylamine groups is 2. The minimum atomic E-state index is -0.852. The van der Waals surface area contributed by atoms with E-state index >= 15 is 0 Å². The largest absolute Gasteiger partial charge is 0.354 e. The zero-order valence-electron chi connectivity index (χ0n) is 19.4. The molecule has 0 aromatic carbocycles. The zero-order chi connectivity index (χ0) is 24.4. The maximum atomic E-state index is 12.6. The van der Waals surface area contributed by atoms with Gasteiger partial charge in [0.05, 0.1) is 0 Å². The molecule has 11 nitrogen and oxygen atoms in total. The van der Waals surface area contributed by atoms with E-state index in [-0.39, 0.29) is 49.8 Å². The fraction of sp³-hybridized carbons (Fsp3) is 0.714. The molecule has 1 saturated heterocycles. The average molecular weight is 455 g/mol. The first-order valence-corrected chi connectivity index (χ1v) is 10.9. The second kappa shape index (κ2) is 12.8. The zero-order valence-corrected chi connectivity index (χ0v) is 19.4. The Bertz CT molecular complexity index is 720. The lowest BCUT2D eigenvalue weighted by Gasteiger charge is -2.24. The number of hydrogen-bond donors (Lipinski definition) is 3. The molecule has 1 aliphatic heterocycles. The molecule has 1 fully saturated rings. The van der Waals surface area contributed by atoms with Gasteiger partial charge in [-0.15, -0.1) is 5.06 Å². The van der Waals surface area contributed by atoms with E-state index in [0.717, 1.165) is 0 Å². The first kappa shape index (κ1) is 27.1. The van der Waals surface area contributed by atoms with Crippen molar-refractivity contribution in [2.24, 2.45) is 11.8 Å². The van der Waals surface area contributed by atoms with Gasteiger partial charge >= 0.3 is 5.97 Å². The maximum absolute atomic E-state index is 12.6. The SMILES string of the molecule is CC(C)CNC(=O)[C@H](C)NC(=O)[C@@H](NC(=O)CCCC(=O)ON1C(=O)CCC1=O)C(C)C. The summed E-state index contributed by atoms with van der Waals surface area (Å²) in [7, 11) is 0. The van der Waals surface area contributed by atoms with E-state index in [1.807, 2.05) is 13.8 Å². The van der Waals surface area contributed by atoms with E-state index in [1.54, 1.807) is 20.8 Å². The molecule has 3 N–H and O–H groups in total. The van der Waals surface area contributed by atoms with Gasteiger partial charge in [-0.05, 0) is 25.2 Å². The van der Waals surface area contributed by atoms with Crippen molar-refractivity contribution in [2.75, 3.05) is 6.54 Å². The Hall–Kier alpha value is -2.98. The lowest BCUT2D eigenvalue weighted by atomic mass is 10.0. The molecular formula is C21H34N4O7. The Morgan fingerprint density at radius 1 is 0.906 bits per heavy atom. The Kier molecular flexibility index (Phi) is 10.8. The Balaban J connectivity index is 2.45. The van der Waals surface area contributed by atoms with Crippen molar-refractivity contribution in [3.8, 4) is 0 Å². The predicted molar refractivity (Wildman–Crippen MR) is 113 cm³/mol. The van der Waals surface area contributed by atoms with Crippen LogP contribution in [0.2, 0.25) is 0 Å². The van der Waals surface area contributed by atoms with E-state index in [1.165, 1.54) is 0 Å². The highest BCUT2D eigenvalue weighted by molar-refractivity contribution is 6.01. The molecule has 0 aliphatic carbocycles. The molecule has 5 amide bonds. The third kappa shape index (κ3) is 9.03. The van der Waals surface area contributed by atoms with Crippen LogP contribution in [0.15, 0.2) is 0 Å². The average Bonchev–Trinajstić information content (AvgIpc) is 3.01. The van der Waals surface area contributed by atoms with Gasteiger partial charge < -0.3 is 20.8 Å². The van der Waals surface area contributed by atoms with Crippen LogP contribution in [0, 0.1) is 11.8 Å². The number of imide groups is 1. The summed E-state index contributed by atoms with van der Waals surface area (Å²) in [4.78, 5) is 76.3. The molecule has 1 aliphatic rings. The molecule has 1 rings (SSSR count). The van der Waals surface area contributed by atoms with Crippen LogP contribution >= 0.6 is 0 Å². The van der Waals surface area contributed by atoms with E-state index in [9.17, 15) is 28.8 Å². The van der Waals surface area contributed by atoms with Crippen molar-refractivity contribution in [3.63, 3.8) is 0 Å². The van der Waals surface area contributed by atoms with Crippen molar-refractivity contribution >= 4 is 35.5 Å². The lowest BCUT2D eigenvalue weighted by Crippen LogP contribution is -2.54. The van der Waals surface area contributed by atoms with Crippen molar-refractivity contribution in [1.82, 2.24) is 21.0 Å². The standard InChI is InChI=1S/C21H34N4O7/c1-12(2)11-22-20(30)14(5)23-21(31)19(13(3)4)24-15(26)7-6-8-18(29)32-25-16(27)9-10-17(25)28/h12-14,19H,6-11H2,1-5H3,(H,22,30)(H,23,31)(H,24,26)/t14-,19-/m0/s1. The van der Waals surface area contributed by atoms with E-state index in [4.69, 9.17) is 4.84 Å². The summed E-state index contributed by atoms with van der Waals surface area (Å²) in [5.41, 5.74) is 0. The molecule has 0 radical (unpaired) electrons. The van der Waals surface area contributed by atoms with Crippen LogP contribution < -0.4 is 16.0 Å². The van der Waals surface area contributed by atoms with Gasteiger partial charge in [0.15, 0.2) is 0 Å². The van der Waals surface area contributed by atoms with Crippen LogP contribution in [0.25, 0.3) is 0 Å². The number of rotatable bonds is 12. The molecule has 32 heavy (non-hydrogen) atoms. The van der Waals surface area contributed by atoms with E-state index in [2.05, 4.69) is 16.0 Å². The van der Waals surface area contributed by atoms with Gasteiger partial charge in [0.1, 0.15) is 12.1 Å². The highest BCUT2D eigenvalue weighted by atomic mass is 16.7. The summed E-state index contributed by atoms with van der Waals surface area (Å²) < 4.78 is 0. The van der Waals surface area contributed by atoms with E-state index < -0.39 is 41.7 Å². The smallest absolute Gasteiger partial charge is 0.333 e. The monoisotopic (exact) mass is 454 g/mol. The lowest BCUT2D eigenvalue weighted by molar-refractivity contribution is -0.197. The predicted octanol–water partition coefficient (Wildman–Crippen LogP) is 0.182. The second-order valence-corrected chi connectivity index (χ2v) is 8.56. The topological polar surface area (TPSA) is 151 Å². The quantitative estimate of drug-likeness (QED) is 0.356. The molecule has 180 valence electrons. The molecule has 0 unspecified atom stereocenters.